The Morgan fingerprint density at radius 2 is 1.81 bits per heavy atom. The Labute approximate surface area is 129 Å². The minimum atomic E-state index is 0.0645. The van der Waals surface area contributed by atoms with Gasteiger partial charge in [-0.15, -0.1) is 0 Å². The minimum absolute atomic E-state index is 0.0645. The van der Waals surface area contributed by atoms with E-state index in [1.54, 1.807) is 0 Å². The molecule has 1 amide bonds. The van der Waals surface area contributed by atoms with E-state index in [0.717, 1.165) is 32.4 Å². The number of hydrogen-bond acceptors (Lipinski definition) is 3. The van der Waals surface area contributed by atoms with E-state index in [9.17, 15) is 4.79 Å². The molecule has 2 rings (SSSR count). The summed E-state index contributed by atoms with van der Waals surface area (Å²) in [6.45, 7) is 9.08. The molecule has 0 bridgehead atoms. The van der Waals surface area contributed by atoms with E-state index in [1.807, 2.05) is 0 Å². The molecule has 0 aromatic carbocycles. The summed E-state index contributed by atoms with van der Waals surface area (Å²) in [5.74, 6) is 0.642. The largest absolute Gasteiger partial charge is 0.368 e. The Balaban J connectivity index is 1.77. The van der Waals surface area contributed by atoms with Gasteiger partial charge in [0.1, 0.15) is 6.61 Å². The molecule has 122 valence electrons. The lowest BCUT2D eigenvalue weighted by Gasteiger charge is -2.40. The van der Waals surface area contributed by atoms with E-state index in [-0.39, 0.29) is 24.0 Å². The second-order valence-corrected chi connectivity index (χ2v) is 7.69. The van der Waals surface area contributed by atoms with Gasteiger partial charge in [-0.25, -0.2) is 0 Å². The maximum Gasteiger partial charge on any atom is 0.246 e. The van der Waals surface area contributed by atoms with Gasteiger partial charge < -0.3 is 15.4 Å². The molecule has 1 aliphatic carbocycles. The highest BCUT2D eigenvalue weighted by molar-refractivity contribution is 5.77. The SMILES string of the molecule is CC(C)(C)C1CCCCC1NC(=O)COC1CCNCC1. The maximum absolute atomic E-state index is 12.2. The van der Waals surface area contributed by atoms with Gasteiger partial charge in [0.05, 0.1) is 6.10 Å². The smallest absolute Gasteiger partial charge is 0.246 e. The molecule has 2 N–H and O–H groups in total. The number of ether oxygens (including phenoxy) is 1. The van der Waals surface area contributed by atoms with E-state index in [0.29, 0.717) is 12.0 Å². The summed E-state index contributed by atoms with van der Waals surface area (Å²) in [4.78, 5) is 12.2. The number of carbonyl (C=O) groups excluding carboxylic acids is 1. The highest BCUT2D eigenvalue weighted by Gasteiger charge is 2.34. The summed E-state index contributed by atoms with van der Waals surface area (Å²) >= 11 is 0. The molecule has 0 spiro atoms. The predicted octanol–water partition coefficient (Wildman–Crippen LogP) is 2.48. The van der Waals surface area contributed by atoms with Gasteiger partial charge in [-0.3, -0.25) is 4.79 Å². The molecule has 1 saturated heterocycles. The summed E-state index contributed by atoms with van der Waals surface area (Å²) in [7, 11) is 0. The van der Waals surface area contributed by atoms with Crippen molar-refractivity contribution in [2.24, 2.45) is 11.3 Å². The molecule has 1 heterocycles. The van der Waals surface area contributed by atoms with E-state index in [1.165, 1.54) is 19.3 Å². The molecule has 21 heavy (non-hydrogen) atoms. The maximum atomic E-state index is 12.2. The lowest BCUT2D eigenvalue weighted by atomic mass is 9.69. The zero-order chi connectivity index (χ0) is 15.3. The fraction of sp³-hybridized carbons (Fsp3) is 0.941. The van der Waals surface area contributed by atoms with E-state index >= 15 is 0 Å². The number of carbonyl (C=O) groups is 1. The molecule has 2 fully saturated rings. The predicted molar refractivity (Wildman–Crippen MR) is 85.2 cm³/mol. The highest BCUT2D eigenvalue weighted by atomic mass is 16.5. The van der Waals surface area contributed by atoms with Gasteiger partial charge in [-0.05, 0) is 50.1 Å². The first kappa shape index (κ1) is 16.8. The Kier molecular flexibility index (Phi) is 6.06. The summed E-state index contributed by atoms with van der Waals surface area (Å²) in [5, 5.41) is 6.55. The lowest BCUT2D eigenvalue weighted by Crippen LogP contribution is -2.48. The van der Waals surface area contributed by atoms with Crippen molar-refractivity contribution >= 4 is 5.91 Å². The minimum Gasteiger partial charge on any atom is -0.368 e. The van der Waals surface area contributed by atoms with Gasteiger partial charge >= 0.3 is 0 Å². The third-order valence-electron chi connectivity index (χ3n) is 4.96. The van der Waals surface area contributed by atoms with Crippen LogP contribution in [-0.4, -0.2) is 37.7 Å². The van der Waals surface area contributed by atoms with Crippen LogP contribution in [0.2, 0.25) is 0 Å². The molecule has 4 heteroatoms. The molecule has 2 atom stereocenters. The number of amides is 1. The zero-order valence-corrected chi connectivity index (χ0v) is 13.9. The number of rotatable bonds is 4. The molecule has 0 aromatic heterocycles. The zero-order valence-electron chi connectivity index (χ0n) is 13.9. The molecule has 4 nitrogen and oxygen atoms in total. The quantitative estimate of drug-likeness (QED) is 0.838. The molecule has 0 aromatic rings. The standard InChI is InChI=1S/C17H32N2O2/c1-17(2,3)14-6-4-5-7-15(14)19-16(20)12-21-13-8-10-18-11-9-13/h13-15,18H,4-12H2,1-3H3,(H,19,20). The third kappa shape index (κ3) is 5.26. The van der Waals surface area contributed by atoms with Gasteiger partial charge in [0.25, 0.3) is 0 Å². The Hall–Kier alpha value is -0.610. The summed E-state index contributed by atoms with van der Waals surface area (Å²) in [6.07, 6.45) is 7.14. The fourth-order valence-corrected chi connectivity index (χ4v) is 3.74. The molecular formula is C17H32N2O2. The summed E-state index contributed by atoms with van der Waals surface area (Å²) in [6, 6.07) is 0.322. The first-order valence-electron chi connectivity index (χ1n) is 8.58. The van der Waals surface area contributed by atoms with Crippen molar-refractivity contribution in [1.29, 1.82) is 0 Å². The Bertz CT molecular complexity index is 332. The molecule has 2 unspecified atom stereocenters. The van der Waals surface area contributed by atoms with Crippen molar-refractivity contribution in [3.63, 3.8) is 0 Å². The second-order valence-electron chi connectivity index (χ2n) is 7.69. The van der Waals surface area contributed by atoms with Crippen LogP contribution in [0.3, 0.4) is 0 Å². The first-order valence-corrected chi connectivity index (χ1v) is 8.58. The molecule has 1 aliphatic heterocycles. The number of nitrogens with one attached hydrogen (secondary N) is 2. The molecule has 0 radical (unpaired) electrons. The van der Waals surface area contributed by atoms with E-state index in [2.05, 4.69) is 31.4 Å². The van der Waals surface area contributed by atoms with Crippen LogP contribution in [-0.2, 0) is 9.53 Å². The van der Waals surface area contributed by atoms with Gasteiger partial charge in [0.2, 0.25) is 5.91 Å². The van der Waals surface area contributed by atoms with Crippen molar-refractivity contribution in [3.8, 4) is 0 Å². The first-order chi connectivity index (χ1) is 9.97. The van der Waals surface area contributed by atoms with Crippen molar-refractivity contribution in [2.75, 3.05) is 19.7 Å². The Morgan fingerprint density at radius 3 is 2.48 bits per heavy atom. The molecule has 2 aliphatic rings. The normalized spacial score (nSPS) is 28.3. The second kappa shape index (κ2) is 7.59. The lowest BCUT2D eigenvalue weighted by molar-refractivity contribution is -0.130. The average Bonchev–Trinajstić information content (AvgIpc) is 2.46. The van der Waals surface area contributed by atoms with E-state index in [4.69, 9.17) is 4.74 Å². The van der Waals surface area contributed by atoms with Gasteiger partial charge in [0.15, 0.2) is 0 Å². The third-order valence-corrected chi connectivity index (χ3v) is 4.96. The van der Waals surface area contributed by atoms with E-state index < -0.39 is 0 Å². The van der Waals surface area contributed by atoms with Crippen LogP contribution in [0.4, 0.5) is 0 Å². The van der Waals surface area contributed by atoms with Gasteiger partial charge in [-0.2, -0.15) is 0 Å². The number of hydrogen-bond donors (Lipinski definition) is 2. The van der Waals surface area contributed by atoms with Crippen molar-refractivity contribution in [1.82, 2.24) is 10.6 Å². The van der Waals surface area contributed by atoms with Gasteiger partial charge in [0, 0.05) is 6.04 Å². The van der Waals surface area contributed by atoms with Crippen LogP contribution in [0.1, 0.15) is 59.3 Å². The Morgan fingerprint density at radius 1 is 1.14 bits per heavy atom. The summed E-state index contributed by atoms with van der Waals surface area (Å²) < 4.78 is 5.76. The van der Waals surface area contributed by atoms with Crippen LogP contribution >= 0.6 is 0 Å². The van der Waals surface area contributed by atoms with Crippen LogP contribution in [0, 0.1) is 11.3 Å². The van der Waals surface area contributed by atoms with Crippen LogP contribution < -0.4 is 10.6 Å². The van der Waals surface area contributed by atoms with Crippen molar-refractivity contribution in [3.05, 3.63) is 0 Å². The van der Waals surface area contributed by atoms with Crippen LogP contribution in [0.25, 0.3) is 0 Å². The topological polar surface area (TPSA) is 50.4 Å². The van der Waals surface area contributed by atoms with Gasteiger partial charge in [-0.1, -0.05) is 33.6 Å². The molecule has 1 saturated carbocycles. The summed E-state index contributed by atoms with van der Waals surface area (Å²) in [5.41, 5.74) is 0.258. The average molecular weight is 296 g/mol. The highest BCUT2D eigenvalue weighted by Crippen LogP contribution is 2.37. The van der Waals surface area contributed by atoms with Crippen LogP contribution in [0.5, 0.6) is 0 Å². The van der Waals surface area contributed by atoms with Crippen LogP contribution in [0.15, 0.2) is 0 Å². The van der Waals surface area contributed by atoms with Crippen molar-refractivity contribution < 1.29 is 9.53 Å². The number of piperidine rings is 1. The fourth-order valence-electron chi connectivity index (χ4n) is 3.74. The van der Waals surface area contributed by atoms with Crippen molar-refractivity contribution in [2.45, 2.75) is 71.4 Å². The molecular weight excluding hydrogens is 264 g/mol. The monoisotopic (exact) mass is 296 g/mol.